The minimum Gasteiger partial charge on any atom is -0.382 e. The van der Waals surface area contributed by atoms with Crippen LogP contribution in [0.4, 0.5) is 11.4 Å². The summed E-state index contributed by atoms with van der Waals surface area (Å²) in [6.45, 7) is 14.9. The number of anilines is 2. The maximum Gasteiger partial charge on any atom is 0.235 e. The summed E-state index contributed by atoms with van der Waals surface area (Å²) in [7, 11) is 0. The molecule has 158 valence electrons. The smallest absolute Gasteiger partial charge is 0.235 e. The van der Waals surface area contributed by atoms with Crippen molar-refractivity contribution in [1.29, 1.82) is 0 Å². The molecule has 0 aliphatic heterocycles. The highest BCUT2D eigenvalue weighted by atomic mass is 16.6. The summed E-state index contributed by atoms with van der Waals surface area (Å²) >= 11 is 0. The fourth-order valence-electron chi connectivity index (χ4n) is 2.86. The highest BCUT2D eigenvalue weighted by Gasteiger charge is 2.26. The number of hydrazine groups is 1. The zero-order chi connectivity index (χ0) is 21.7. The van der Waals surface area contributed by atoms with E-state index in [0.717, 1.165) is 30.0 Å². The molecule has 29 heavy (non-hydrogen) atoms. The molecule has 0 aromatic heterocycles. The van der Waals surface area contributed by atoms with Crippen LogP contribution in [0.25, 0.3) is 0 Å². The van der Waals surface area contributed by atoms with Gasteiger partial charge in [-0.2, -0.15) is 0 Å². The molecule has 2 rings (SSSR count). The average Bonchev–Trinajstić information content (AvgIpc) is 2.71. The topological polar surface area (TPSA) is 62.4 Å². The molecule has 0 fully saturated rings. The first-order valence-electron chi connectivity index (χ1n) is 10.3. The monoisotopic (exact) mass is 397 g/mol. The molecule has 5 heteroatoms. The van der Waals surface area contributed by atoms with Crippen molar-refractivity contribution in [3.05, 3.63) is 53.6 Å². The van der Waals surface area contributed by atoms with Gasteiger partial charge >= 0.3 is 0 Å². The van der Waals surface area contributed by atoms with Gasteiger partial charge in [0.25, 0.3) is 0 Å². The molecular weight excluding hydrogens is 362 g/mol. The van der Waals surface area contributed by atoms with Crippen LogP contribution in [0.3, 0.4) is 0 Å². The number of carbonyl (C=O) groups is 1. The van der Waals surface area contributed by atoms with Crippen LogP contribution < -0.4 is 21.2 Å². The Kier molecular flexibility index (Phi) is 7.17. The molecule has 3 N–H and O–H groups in total. The van der Waals surface area contributed by atoms with Crippen LogP contribution in [0, 0.1) is 0 Å². The van der Waals surface area contributed by atoms with Crippen molar-refractivity contribution in [2.24, 2.45) is 0 Å². The first kappa shape index (κ1) is 22.6. The Hall–Kier alpha value is -2.69. The van der Waals surface area contributed by atoms with Crippen molar-refractivity contribution >= 4 is 17.3 Å². The Morgan fingerprint density at radius 2 is 1.48 bits per heavy atom. The van der Waals surface area contributed by atoms with E-state index in [0.29, 0.717) is 0 Å². The molecule has 0 atom stereocenters. The second-order valence-corrected chi connectivity index (χ2v) is 8.77. The number of carbonyl (C=O) groups excluding carboxylic acids is 1. The van der Waals surface area contributed by atoms with Gasteiger partial charge < -0.3 is 4.84 Å². The molecule has 0 heterocycles. The molecule has 0 unspecified atom stereocenters. The van der Waals surface area contributed by atoms with Gasteiger partial charge in [0.15, 0.2) is 5.75 Å². The van der Waals surface area contributed by atoms with Crippen LogP contribution in [0.15, 0.2) is 42.5 Å². The van der Waals surface area contributed by atoms with Gasteiger partial charge in [-0.05, 0) is 59.6 Å². The fraction of sp³-hybridized carbons (Fsp3) is 0.458. The molecule has 0 radical (unpaired) electrons. The third kappa shape index (κ3) is 5.89. The molecule has 0 aliphatic rings. The van der Waals surface area contributed by atoms with Crippen molar-refractivity contribution in [2.75, 3.05) is 10.9 Å². The van der Waals surface area contributed by atoms with Gasteiger partial charge in [0.2, 0.25) is 5.91 Å². The minimum atomic E-state index is -0.142. The SMILES string of the molecule is CCC(C)(C)c1ccc(ONc2ccc(NNC(C)=O)cc2)c(C(C)(C)CC)c1. The van der Waals surface area contributed by atoms with Crippen LogP contribution in [0.5, 0.6) is 5.75 Å². The second kappa shape index (κ2) is 9.21. The number of nitrogens with one attached hydrogen (secondary N) is 3. The van der Waals surface area contributed by atoms with Gasteiger partial charge in [0.05, 0.1) is 11.4 Å². The van der Waals surface area contributed by atoms with Gasteiger partial charge in [-0.1, -0.05) is 53.7 Å². The van der Waals surface area contributed by atoms with E-state index in [1.54, 1.807) is 0 Å². The maximum atomic E-state index is 11.0. The van der Waals surface area contributed by atoms with Crippen LogP contribution in [-0.4, -0.2) is 5.91 Å². The van der Waals surface area contributed by atoms with Gasteiger partial charge in [-0.3, -0.25) is 15.6 Å². The van der Waals surface area contributed by atoms with Crippen LogP contribution in [-0.2, 0) is 15.6 Å². The molecule has 2 aromatic carbocycles. The molecular formula is C24H35N3O2. The lowest BCUT2D eigenvalue weighted by Gasteiger charge is -2.30. The molecule has 0 saturated carbocycles. The molecule has 5 nitrogen and oxygen atoms in total. The number of hydrogen-bond donors (Lipinski definition) is 3. The molecule has 0 saturated heterocycles. The number of rotatable bonds is 9. The molecule has 2 aromatic rings. The highest BCUT2D eigenvalue weighted by Crippen LogP contribution is 2.38. The van der Waals surface area contributed by atoms with E-state index in [9.17, 15) is 4.79 Å². The van der Waals surface area contributed by atoms with E-state index in [-0.39, 0.29) is 16.7 Å². The molecule has 0 aliphatic carbocycles. The minimum absolute atomic E-state index is 0.00296. The third-order valence-electron chi connectivity index (χ3n) is 5.80. The van der Waals surface area contributed by atoms with Crippen LogP contribution >= 0.6 is 0 Å². The van der Waals surface area contributed by atoms with Crippen molar-refractivity contribution in [3.63, 3.8) is 0 Å². The van der Waals surface area contributed by atoms with Gasteiger partial charge in [-0.15, -0.1) is 0 Å². The molecule has 0 spiro atoms. The van der Waals surface area contributed by atoms with Gasteiger partial charge in [0, 0.05) is 12.5 Å². The zero-order valence-corrected chi connectivity index (χ0v) is 18.8. The Morgan fingerprint density at radius 1 is 0.897 bits per heavy atom. The summed E-state index contributed by atoms with van der Waals surface area (Å²) in [4.78, 5) is 17.0. The third-order valence-corrected chi connectivity index (χ3v) is 5.80. The maximum absolute atomic E-state index is 11.0. The summed E-state index contributed by atoms with van der Waals surface area (Å²) < 4.78 is 0. The van der Waals surface area contributed by atoms with E-state index < -0.39 is 0 Å². The Balaban J connectivity index is 2.20. The standard InChI is InChI=1S/C24H35N3O2/c1-8-23(4,5)18-10-15-22(21(16-18)24(6,7)9-2)29-27-20-13-11-19(12-14-20)26-25-17(3)28/h10-16,26-27H,8-9H2,1-7H3,(H,25,28). The normalized spacial score (nSPS) is 11.7. The van der Waals surface area contributed by atoms with Crippen LogP contribution in [0.2, 0.25) is 0 Å². The van der Waals surface area contributed by atoms with Crippen LogP contribution in [0.1, 0.15) is 72.4 Å². The highest BCUT2D eigenvalue weighted by molar-refractivity contribution is 5.74. The lowest BCUT2D eigenvalue weighted by molar-refractivity contribution is -0.118. The number of hydrogen-bond acceptors (Lipinski definition) is 4. The summed E-state index contributed by atoms with van der Waals surface area (Å²) in [5.74, 6) is 0.698. The zero-order valence-electron chi connectivity index (χ0n) is 18.8. The number of benzene rings is 2. The average molecular weight is 398 g/mol. The van der Waals surface area contributed by atoms with Crippen molar-refractivity contribution in [1.82, 2.24) is 5.43 Å². The molecule has 1 amide bonds. The predicted octanol–water partition coefficient (Wildman–Crippen LogP) is 5.93. The summed E-state index contributed by atoms with van der Waals surface area (Å²) in [6, 6.07) is 14.0. The summed E-state index contributed by atoms with van der Waals surface area (Å²) in [6.07, 6.45) is 2.10. The van der Waals surface area contributed by atoms with Crippen molar-refractivity contribution < 1.29 is 9.63 Å². The molecule has 0 bridgehead atoms. The first-order chi connectivity index (χ1) is 13.6. The Bertz CT molecular complexity index is 827. The predicted molar refractivity (Wildman–Crippen MR) is 121 cm³/mol. The first-order valence-corrected chi connectivity index (χ1v) is 10.3. The van der Waals surface area contributed by atoms with E-state index >= 15 is 0 Å². The Labute approximate surface area is 175 Å². The lowest BCUT2D eigenvalue weighted by atomic mass is 9.76. The van der Waals surface area contributed by atoms with E-state index in [2.05, 4.69) is 76.1 Å². The lowest BCUT2D eigenvalue weighted by Crippen LogP contribution is -2.26. The van der Waals surface area contributed by atoms with Crippen molar-refractivity contribution in [2.45, 2.75) is 72.1 Å². The largest absolute Gasteiger partial charge is 0.382 e. The van der Waals surface area contributed by atoms with Gasteiger partial charge in [-0.25, -0.2) is 5.48 Å². The van der Waals surface area contributed by atoms with E-state index in [1.807, 2.05) is 24.3 Å². The van der Waals surface area contributed by atoms with E-state index in [1.165, 1.54) is 18.1 Å². The summed E-state index contributed by atoms with van der Waals surface area (Å²) in [5, 5.41) is 0. The van der Waals surface area contributed by atoms with Gasteiger partial charge in [0.1, 0.15) is 0 Å². The quantitative estimate of drug-likeness (QED) is 0.459. The van der Waals surface area contributed by atoms with Crippen molar-refractivity contribution in [3.8, 4) is 5.75 Å². The Morgan fingerprint density at radius 3 is 2.03 bits per heavy atom. The number of amides is 1. The summed E-state index contributed by atoms with van der Waals surface area (Å²) in [5.41, 5.74) is 12.7. The van der Waals surface area contributed by atoms with E-state index in [4.69, 9.17) is 4.84 Å². The second-order valence-electron chi connectivity index (χ2n) is 8.77. The fourth-order valence-corrected chi connectivity index (χ4v) is 2.86.